The molecule has 0 spiro atoms. The number of benzene rings is 1. The van der Waals surface area contributed by atoms with Crippen LogP contribution in [0.2, 0.25) is 0 Å². The van der Waals surface area contributed by atoms with Gasteiger partial charge in [-0.2, -0.15) is 21.6 Å². The minimum atomic E-state index is -4.92. The lowest BCUT2D eigenvalue weighted by molar-refractivity contribution is -0.186. The third-order valence-corrected chi connectivity index (χ3v) is 3.87. The summed E-state index contributed by atoms with van der Waals surface area (Å²) >= 11 is 0. The van der Waals surface area contributed by atoms with Gasteiger partial charge in [0.25, 0.3) is 10.1 Å². The van der Waals surface area contributed by atoms with Crippen molar-refractivity contribution in [3.05, 3.63) is 29.3 Å². The summed E-state index contributed by atoms with van der Waals surface area (Å²) in [5.41, 5.74) is 0.938. The maximum Gasteiger partial charge on any atom is 0.471 e. The third kappa shape index (κ3) is 2.93. The van der Waals surface area contributed by atoms with Crippen LogP contribution in [0.1, 0.15) is 11.1 Å². The molecule has 5 nitrogen and oxygen atoms in total. The highest BCUT2D eigenvalue weighted by Crippen LogP contribution is 2.26. The van der Waals surface area contributed by atoms with Crippen LogP contribution < -0.4 is 0 Å². The highest BCUT2D eigenvalue weighted by Gasteiger charge is 2.43. The highest BCUT2D eigenvalue weighted by atomic mass is 32.2. The molecule has 1 aromatic carbocycles. The SMILES string of the molecule is O=C(N1CCc2cc(S(=O)(=O)O)ccc2C1)C(F)(F)F. The molecule has 1 heterocycles. The Morgan fingerprint density at radius 3 is 2.45 bits per heavy atom. The second-order valence-corrected chi connectivity index (χ2v) is 5.80. The van der Waals surface area contributed by atoms with E-state index >= 15 is 0 Å². The van der Waals surface area contributed by atoms with Crippen molar-refractivity contribution in [2.75, 3.05) is 6.54 Å². The highest BCUT2D eigenvalue weighted by molar-refractivity contribution is 7.85. The first-order chi connectivity index (χ1) is 9.09. The quantitative estimate of drug-likeness (QED) is 0.795. The molecule has 0 aromatic heterocycles. The van der Waals surface area contributed by atoms with Gasteiger partial charge in [0.15, 0.2) is 0 Å². The third-order valence-electron chi connectivity index (χ3n) is 3.02. The second-order valence-electron chi connectivity index (χ2n) is 4.38. The van der Waals surface area contributed by atoms with E-state index in [1.54, 1.807) is 0 Å². The molecule has 0 radical (unpaired) electrons. The van der Waals surface area contributed by atoms with Crippen molar-refractivity contribution in [1.82, 2.24) is 4.90 Å². The van der Waals surface area contributed by atoms with Crippen molar-refractivity contribution < 1.29 is 30.9 Å². The zero-order valence-electron chi connectivity index (χ0n) is 10.0. The Bertz CT molecular complexity index is 654. The van der Waals surface area contributed by atoms with E-state index in [4.69, 9.17) is 4.55 Å². The van der Waals surface area contributed by atoms with Crippen LogP contribution in [0.15, 0.2) is 23.1 Å². The smallest absolute Gasteiger partial charge is 0.330 e. The fourth-order valence-corrected chi connectivity index (χ4v) is 2.57. The van der Waals surface area contributed by atoms with Crippen LogP contribution in [-0.4, -0.2) is 36.5 Å². The number of hydrogen-bond donors (Lipinski definition) is 1. The number of hydrogen-bond acceptors (Lipinski definition) is 3. The zero-order valence-corrected chi connectivity index (χ0v) is 10.8. The van der Waals surface area contributed by atoms with Crippen LogP contribution in [-0.2, 0) is 27.9 Å². The van der Waals surface area contributed by atoms with Gasteiger partial charge in [0.1, 0.15) is 0 Å². The Morgan fingerprint density at radius 2 is 1.90 bits per heavy atom. The fourth-order valence-electron chi connectivity index (χ4n) is 2.04. The van der Waals surface area contributed by atoms with Crippen LogP contribution in [0.3, 0.4) is 0 Å². The van der Waals surface area contributed by atoms with E-state index < -0.39 is 22.2 Å². The molecule has 2 rings (SSSR count). The van der Waals surface area contributed by atoms with E-state index in [0.29, 0.717) is 16.0 Å². The number of amides is 1. The van der Waals surface area contributed by atoms with Crippen LogP contribution in [0.25, 0.3) is 0 Å². The minimum Gasteiger partial charge on any atom is -0.330 e. The Morgan fingerprint density at radius 1 is 1.25 bits per heavy atom. The van der Waals surface area contributed by atoms with E-state index in [9.17, 15) is 26.4 Å². The molecule has 110 valence electrons. The number of halogens is 3. The maximum atomic E-state index is 12.3. The molecule has 9 heteroatoms. The maximum absolute atomic E-state index is 12.3. The number of carbonyl (C=O) groups excluding carboxylic acids is 1. The molecule has 0 fully saturated rings. The molecule has 0 saturated carbocycles. The van der Waals surface area contributed by atoms with Crippen LogP contribution in [0, 0.1) is 0 Å². The van der Waals surface area contributed by atoms with Gasteiger partial charge in [-0.1, -0.05) is 6.07 Å². The molecular weight excluding hydrogens is 299 g/mol. The summed E-state index contributed by atoms with van der Waals surface area (Å²) in [5.74, 6) is -1.91. The second kappa shape index (κ2) is 4.74. The van der Waals surface area contributed by atoms with E-state index in [-0.39, 0.29) is 24.4 Å². The Kier molecular flexibility index (Phi) is 3.51. The first-order valence-electron chi connectivity index (χ1n) is 5.54. The summed E-state index contributed by atoms with van der Waals surface area (Å²) in [6, 6.07) is 3.60. The number of rotatable bonds is 1. The average molecular weight is 309 g/mol. The largest absolute Gasteiger partial charge is 0.471 e. The summed E-state index contributed by atoms with van der Waals surface area (Å²) < 4.78 is 67.8. The van der Waals surface area contributed by atoms with Crippen molar-refractivity contribution in [3.8, 4) is 0 Å². The molecular formula is C11H10F3NO4S. The lowest BCUT2D eigenvalue weighted by Gasteiger charge is -2.29. The predicted octanol–water partition coefficient (Wildman–Crippen LogP) is 1.38. The van der Waals surface area contributed by atoms with Gasteiger partial charge in [0.2, 0.25) is 0 Å². The molecule has 0 unspecified atom stereocenters. The summed E-state index contributed by atoms with van der Waals surface area (Å²) in [7, 11) is -4.35. The van der Waals surface area contributed by atoms with Gasteiger partial charge in [-0.3, -0.25) is 9.35 Å². The Labute approximate surface area is 112 Å². The van der Waals surface area contributed by atoms with Gasteiger partial charge in [-0.05, 0) is 29.7 Å². The minimum absolute atomic E-state index is 0.0977. The fraction of sp³-hybridized carbons (Fsp3) is 0.364. The molecule has 0 bridgehead atoms. The molecule has 20 heavy (non-hydrogen) atoms. The van der Waals surface area contributed by atoms with Gasteiger partial charge in [0.05, 0.1) is 4.90 Å². The summed E-state index contributed by atoms with van der Waals surface area (Å²) in [5, 5.41) is 0. The summed E-state index contributed by atoms with van der Waals surface area (Å²) in [6.45, 7) is -0.389. The number of alkyl halides is 3. The Hall–Kier alpha value is -1.61. The molecule has 1 amide bonds. The molecule has 1 aliphatic heterocycles. The molecule has 1 N–H and O–H groups in total. The molecule has 0 saturated heterocycles. The predicted molar refractivity (Wildman–Crippen MR) is 61.4 cm³/mol. The van der Waals surface area contributed by atoms with Crippen molar-refractivity contribution >= 4 is 16.0 Å². The van der Waals surface area contributed by atoms with Crippen LogP contribution >= 0.6 is 0 Å². The normalized spacial score (nSPS) is 15.9. The standard InChI is InChI=1S/C11H10F3NO4S/c12-11(13,14)10(16)15-4-3-7-5-9(20(17,18)19)2-1-8(7)6-15/h1-2,5H,3-4,6H2,(H,17,18,19). The topological polar surface area (TPSA) is 74.7 Å². The van der Waals surface area contributed by atoms with Crippen molar-refractivity contribution in [2.24, 2.45) is 0 Å². The molecule has 0 atom stereocenters. The number of carbonyl (C=O) groups is 1. The van der Waals surface area contributed by atoms with Gasteiger partial charge < -0.3 is 4.90 Å². The van der Waals surface area contributed by atoms with Gasteiger partial charge in [0, 0.05) is 13.1 Å². The van der Waals surface area contributed by atoms with E-state index in [0.717, 1.165) is 6.07 Å². The number of fused-ring (bicyclic) bond motifs is 1. The molecule has 0 aliphatic carbocycles. The van der Waals surface area contributed by atoms with Crippen LogP contribution in [0.5, 0.6) is 0 Å². The zero-order chi connectivity index (χ0) is 15.1. The molecule has 1 aliphatic rings. The van der Waals surface area contributed by atoms with Crippen LogP contribution in [0.4, 0.5) is 13.2 Å². The Balaban J connectivity index is 2.27. The van der Waals surface area contributed by atoms with E-state index in [1.165, 1.54) is 12.1 Å². The molecule has 1 aromatic rings. The van der Waals surface area contributed by atoms with Gasteiger partial charge in [-0.25, -0.2) is 0 Å². The van der Waals surface area contributed by atoms with Crippen molar-refractivity contribution in [1.29, 1.82) is 0 Å². The van der Waals surface area contributed by atoms with Gasteiger partial charge >= 0.3 is 12.1 Å². The van der Waals surface area contributed by atoms with Gasteiger partial charge in [-0.15, -0.1) is 0 Å². The van der Waals surface area contributed by atoms with Crippen molar-refractivity contribution in [3.63, 3.8) is 0 Å². The monoisotopic (exact) mass is 309 g/mol. The average Bonchev–Trinajstić information content (AvgIpc) is 2.34. The first-order valence-corrected chi connectivity index (χ1v) is 6.98. The van der Waals surface area contributed by atoms with E-state index in [2.05, 4.69) is 0 Å². The summed E-state index contributed by atoms with van der Waals surface area (Å²) in [6.07, 6.45) is -4.83. The summed E-state index contributed by atoms with van der Waals surface area (Å²) in [4.78, 5) is 11.5. The first kappa shape index (κ1) is 14.8. The van der Waals surface area contributed by atoms with E-state index in [1.807, 2.05) is 0 Å². The lowest BCUT2D eigenvalue weighted by Crippen LogP contribution is -2.43. The number of nitrogens with zero attached hydrogens (tertiary/aromatic N) is 1. The lowest BCUT2D eigenvalue weighted by atomic mass is 10.00. The van der Waals surface area contributed by atoms with Crippen molar-refractivity contribution in [2.45, 2.75) is 24.0 Å².